The van der Waals surface area contributed by atoms with Crippen LogP contribution < -0.4 is 10.9 Å². The Bertz CT molecular complexity index is 903. The SMILES string of the molecule is CCN(CC)C(=O)[C@@H]1C[C@@H](NC(=O)c2cc(=O)[nH]c3ccccc23)CN1C. The van der Waals surface area contributed by atoms with E-state index in [1.165, 1.54) is 6.07 Å². The third-order valence-electron chi connectivity index (χ3n) is 5.24. The van der Waals surface area contributed by atoms with Crippen LogP contribution in [0.1, 0.15) is 30.6 Å². The number of carbonyl (C=O) groups is 2. The Labute approximate surface area is 158 Å². The molecule has 0 spiro atoms. The van der Waals surface area contributed by atoms with Gasteiger partial charge < -0.3 is 15.2 Å². The Kier molecular flexibility index (Phi) is 5.60. The molecular weight excluding hydrogens is 344 g/mol. The summed E-state index contributed by atoms with van der Waals surface area (Å²) in [6, 6.07) is 8.20. The molecule has 0 saturated carbocycles. The van der Waals surface area contributed by atoms with Crippen LogP contribution in [0.2, 0.25) is 0 Å². The Hall–Kier alpha value is -2.67. The second kappa shape index (κ2) is 7.92. The molecule has 1 saturated heterocycles. The van der Waals surface area contributed by atoms with E-state index in [0.29, 0.717) is 42.5 Å². The molecule has 2 N–H and O–H groups in total. The Balaban J connectivity index is 1.76. The van der Waals surface area contributed by atoms with Crippen molar-refractivity contribution in [3.8, 4) is 0 Å². The van der Waals surface area contributed by atoms with Crippen LogP contribution in [-0.4, -0.2) is 65.4 Å². The van der Waals surface area contributed by atoms with E-state index in [2.05, 4.69) is 10.3 Å². The van der Waals surface area contributed by atoms with Gasteiger partial charge in [-0.25, -0.2) is 0 Å². The molecule has 2 aromatic rings. The van der Waals surface area contributed by atoms with Crippen LogP contribution in [0.25, 0.3) is 10.9 Å². The lowest BCUT2D eigenvalue weighted by Gasteiger charge is -2.26. The zero-order chi connectivity index (χ0) is 19.6. The lowest BCUT2D eigenvalue weighted by molar-refractivity contribution is -0.135. The summed E-state index contributed by atoms with van der Waals surface area (Å²) in [6.07, 6.45) is 0.568. The normalized spacial score (nSPS) is 20.0. The first kappa shape index (κ1) is 19.1. The zero-order valence-electron chi connectivity index (χ0n) is 16.0. The number of para-hydroxylation sites is 1. The number of hydrogen-bond donors (Lipinski definition) is 2. The Morgan fingerprint density at radius 1 is 1.26 bits per heavy atom. The number of benzene rings is 1. The maximum atomic E-state index is 12.8. The summed E-state index contributed by atoms with van der Waals surface area (Å²) in [6.45, 7) is 5.89. The lowest BCUT2D eigenvalue weighted by Crippen LogP contribution is -2.44. The second-order valence-corrected chi connectivity index (χ2v) is 6.96. The smallest absolute Gasteiger partial charge is 0.252 e. The maximum Gasteiger partial charge on any atom is 0.252 e. The van der Waals surface area contributed by atoms with Gasteiger partial charge in [-0.15, -0.1) is 0 Å². The van der Waals surface area contributed by atoms with Crippen molar-refractivity contribution >= 4 is 22.7 Å². The zero-order valence-corrected chi connectivity index (χ0v) is 16.0. The van der Waals surface area contributed by atoms with Gasteiger partial charge in [-0.2, -0.15) is 0 Å². The lowest BCUT2D eigenvalue weighted by atomic mass is 10.1. The van der Waals surface area contributed by atoms with Gasteiger partial charge in [-0.1, -0.05) is 18.2 Å². The van der Waals surface area contributed by atoms with Crippen LogP contribution in [0, 0.1) is 0 Å². The fourth-order valence-electron chi connectivity index (χ4n) is 3.79. The number of carbonyl (C=O) groups excluding carboxylic acids is 2. The minimum Gasteiger partial charge on any atom is -0.348 e. The van der Waals surface area contributed by atoms with E-state index in [-0.39, 0.29) is 29.5 Å². The van der Waals surface area contributed by atoms with Gasteiger partial charge in [0.25, 0.3) is 5.91 Å². The van der Waals surface area contributed by atoms with Crippen LogP contribution in [0.3, 0.4) is 0 Å². The number of aromatic nitrogens is 1. The molecule has 144 valence electrons. The fraction of sp³-hybridized carbons (Fsp3) is 0.450. The van der Waals surface area contributed by atoms with Crippen molar-refractivity contribution in [3.05, 3.63) is 46.2 Å². The van der Waals surface area contributed by atoms with Gasteiger partial charge in [-0.05, 0) is 33.4 Å². The summed E-state index contributed by atoms with van der Waals surface area (Å²) in [7, 11) is 1.90. The average Bonchev–Trinajstić information content (AvgIpc) is 3.01. The molecule has 7 heteroatoms. The quantitative estimate of drug-likeness (QED) is 0.828. The van der Waals surface area contributed by atoms with Gasteiger partial charge in [0.05, 0.1) is 11.6 Å². The molecule has 0 bridgehead atoms. The van der Waals surface area contributed by atoms with Crippen molar-refractivity contribution < 1.29 is 9.59 Å². The van der Waals surface area contributed by atoms with E-state index in [0.717, 1.165) is 0 Å². The van der Waals surface area contributed by atoms with Crippen molar-refractivity contribution in [1.29, 1.82) is 0 Å². The third kappa shape index (κ3) is 3.88. The first-order chi connectivity index (χ1) is 12.9. The maximum absolute atomic E-state index is 12.8. The van der Waals surface area contributed by atoms with Crippen LogP contribution in [0.5, 0.6) is 0 Å². The van der Waals surface area contributed by atoms with E-state index in [9.17, 15) is 14.4 Å². The molecule has 1 aromatic heterocycles. The minimum absolute atomic E-state index is 0.0980. The highest BCUT2D eigenvalue weighted by Gasteiger charge is 2.37. The monoisotopic (exact) mass is 370 g/mol. The van der Waals surface area contributed by atoms with Crippen LogP contribution in [0.15, 0.2) is 35.1 Å². The Morgan fingerprint density at radius 2 is 1.96 bits per heavy atom. The summed E-state index contributed by atoms with van der Waals surface area (Å²) in [5.41, 5.74) is 0.681. The second-order valence-electron chi connectivity index (χ2n) is 6.96. The topological polar surface area (TPSA) is 85.5 Å². The number of likely N-dealkylation sites (tertiary alicyclic amines) is 1. The molecule has 7 nitrogen and oxygen atoms in total. The van der Waals surface area contributed by atoms with Crippen LogP contribution >= 0.6 is 0 Å². The van der Waals surface area contributed by atoms with Crippen molar-refractivity contribution in [3.63, 3.8) is 0 Å². The number of likely N-dealkylation sites (N-methyl/N-ethyl adjacent to an activating group) is 2. The minimum atomic E-state index is -0.308. The molecule has 2 amide bonds. The van der Waals surface area contributed by atoms with E-state index in [1.807, 2.05) is 48.9 Å². The largest absolute Gasteiger partial charge is 0.348 e. The van der Waals surface area contributed by atoms with Gasteiger partial charge in [0.2, 0.25) is 11.5 Å². The van der Waals surface area contributed by atoms with Gasteiger partial charge in [-0.3, -0.25) is 19.3 Å². The molecule has 0 aliphatic carbocycles. The van der Waals surface area contributed by atoms with Crippen molar-refractivity contribution in [1.82, 2.24) is 20.1 Å². The summed E-state index contributed by atoms with van der Waals surface area (Å²) in [5, 5.41) is 3.71. The van der Waals surface area contributed by atoms with Gasteiger partial charge >= 0.3 is 0 Å². The number of fused-ring (bicyclic) bond motifs is 1. The number of rotatable bonds is 5. The van der Waals surface area contributed by atoms with E-state index in [1.54, 1.807) is 6.07 Å². The van der Waals surface area contributed by atoms with Gasteiger partial charge in [0, 0.05) is 42.6 Å². The summed E-state index contributed by atoms with van der Waals surface area (Å²) >= 11 is 0. The van der Waals surface area contributed by atoms with Gasteiger partial charge in [0.15, 0.2) is 0 Å². The molecule has 0 unspecified atom stereocenters. The number of hydrogen-bond acceptors (Lipinski definition) is 4. The average molecular weight is 370 g/mol. The molecule has 1 aliphatic heterocycles. The predicted octanol–water partition coefficient (Wildman–Crippen LogP) is 1.20. The first-order valence-corrected chi connectivity index (χ1v) is 9.36. The molecule has 27 heavy (non-hydrogen) atoms. The number of H-pyrrole nitrogens is 1. The molecular formula is C20H26N4O3. The molecule has 1 aromatic carbocycles. The van der Waals surface area contributed by atoms with Crippen molar-refractivity contribution in [2.24, 2.45) is 0 Å². The summed E-state index contributed by atoms with van der Waals surface area (Å²) in [5.74, 6) is -0.188. The van der Waals surface area contributed by atoms with Crippen LogP contribution in [0.4, 0.5) is 0 Å². The number of amides is 2. The van der Waals surface area contributed by atoms with E-state index >= 15 is 0 Å². The highest BCUT2D eigenvalue weighted by molar-refractivity contribution is 6.06. The number of nitrogens with one attached hydrogen (secondary N) is 2. The summed E-state index contributed by atoms with van der Waals surface area (Å²) in [4.78, 5) is 43.9. The molecule has 0 radical (unpaired) electrons. The third-order valence-corrected chi connectivity index (χ3v) is 5.24. The molecule has 2 atom stereocenters. The van der Waals surface area contributed by atoms with Crippen LogP contribution in [-0.2, 0) is 4.79 Å². The van der Waals surface area contributed by atoms with Crippen molar-refractivity contribution in [2.75, 3.05) is 26.7 Å². The van der Waals surface area contributed by atoms with E-state index < -0.39 is 0 Å². The van der Waals surface area contributed by atoms with Gasteiger partial charge in [0.1, 0.15) is 0 Å². The Morgan fingerprint density at radius 3 is 2.67 bits per heavy atom. The fourth-order valence-corrected chi connectivity index (χ4v) is 3.79. The molecule has 3 rings (SSSR count). The predicted molar refractivity (Wildman–Crippen MR) is 105 cm³/mol. The first-order valence-electron chi connectivity index (χ1n) is 9.36. The standard InChI is InChI=1S/C20H26N4O3/c1-4-24(5-2)20(27)17-10-13(12-23(17)3)21-19(26)15-11-18(25)22-16-9-7-6-8-14(15)16/h6-9,11,13,17H,4-5,10,12H2,1-3H3,(H,21,26)(H,22,25)/t13-,17+/m1/s1. The molecule has 1 fully saturated rings. The van der Waals surface area contributed by atoms with Crippen molar-refractivity contribution in [2.45, 2.75) is 32.4 Å². The number of pyridine rings is 1. The number of aromatic amines is 1. The highest BCUT2D eigenvalue weighted by Crippen LogP contribution is 2.20. The number of nitrogens with zero attached hydrogens (tertiary/aromatic N) is 2. The molecule has 2 heterocycles. The summed E-state index contributed by atoms with van der Waals surface area (Å²) < 4.78 is 0. The highest BCUT2D eigenvalue weighted by atomic mass is 16.2. The van der Waals surface area contributed by atoms with E-state index in [4.69, 9.17) is 0 Å². The molecule has 1 aliphatic rings.